The highest BCUT2D eigenvalue weighted by Crippen LogP contribution is 2.17. The van der Waals surface area contributed by atoms with E-state index in [4.69, 9.17) is 4.74 Å². The second kappa shape index (κ2) is 4.55. The fourth-order valence-electron chi connectivity index (χ4n) is 2.50. The largest absolute Gasteiger partial charge is 0.497 e. The molecule has 2 N–H and O–H groups in total. The van der Waals surface area contributed by atoms with Crippen molar-refractivity contribution < 1.29 is 4.74 Å². The predicted octanol–water partition coefficient (Wildman–Crippen LogP) is 0.580. The summed E-state index contributed by atoms with van der Waals surface area (Å²) in [7, 11) is 1.55. The number of fused-ring (bicyclic) bond motifs is 1. The van der Waals surface area contributed by atoms with Crippen molar-refractivity contribution in [3.8, 4) is 5.75 Å². The maximum Gasteiger partial charge on any atom is 0.330 e. The molecule has 0 radical (unpaired) electrons. The highest BCUT2D eigenvalue weighted by Gasteiger charge is 2.20. The molecule has 1 saturated heterocycles. The Morgan fingerprint density at radius 2 is 2.21 bits per heavy atom. The summed E-state index contributed by atoms with van der Waals surface area (Å²) in [6, 6.07) is 5.05. The molecule has 0 saturated carbocycles. The lowest BCUT2D eigenvalue weighted by molar-refractivity contribution is 0.415. The minimum Gasteiger partial charge on any atom is -0.497 e. The third kappa shape index (κ3) is 1.94. The van der Waals surface area contributed by atoms with Gasteiger partial charge in [0.2, 0.25) is 0 Å². The van der Waals surface area contributed by atoms with E-state index >= 15 is 0 Å². The normalized spacial score (nSPS) is 18.9. The first-order valence-electron chi connectivity index (χ1n) is 6.26. The average molecular weight is 261 g/mol. The molecule has 1 atom stereocenters. The molecule has 1 unspecified atom stereocenters. The van der Waals surface area contributed by atoms with E-state index in [1.54, 1.807) is 25.3 Å². The van der Waals surface area contributed by atoms with E-state index in [1.165, 1.54) is 4.57 Å². The van der Waals surface area contributed by atoms with Crippen LogP contribution in [0.3, 0.4) is 0 Å². The van der Waals surface area contributed by atoms with Gasteiger partial charge in [-0.25, -0.2) is 9.36 Å². The Morgan fingerprint density at radius 3 is 2.89 bits per heavy atom. The van der Waals surface area contributed by atoms with Crippen LogP contribution in [0.5, 0.6) is 5.75 Å². The van der Waals surface area contributed by atoms with E-state index < -0.39 is 0 Å². The van der Waals surface area contributed by atoms with E-state index in [2.05, 4.69) is 10.3 Å². The van der Waals surface area contributed by atoms with E-state index in [1.807, 2.05) is 0 Å². The zero-order chi connectivity index (χ0) is 13.4. The van der Waals surface area contributed by atoms with Crippen molar-refractivity contribution in [1.29, 1.82) is 0 Å². The Hall–Kier alpha value is -2.08. The van der Waals surface area contributed by atoms with Crippen LogP contribution in [0.1, 0.15) is 19.0 Å². The fraction of sp³-hybridized carbons (Fsp3) is 0.385. The first-order valence-corrected chi connectivity index (χ1v) is 6.26. The van der Waals surface area contributed by atoms with Gasteiger partial charge < -0.3 is 9.72 Å². The fourth-order valence-corrected chi connectivity index (χ4v) is 2.50. The van der Waals surface area contributed by atoms with Gasteiger partial charge in [0, 0.05) is 0 Å². The van der Waals surface area contributed by atoms with Crippen LogP contribution in [0, 0.1) is 0 Å². The monoisotopic (exact) mass is 261 g/mol. The Bertz CT molecular complexity index is 726. The molecule has 2 heterocycles. The van der Waals surface area contributed by atoms with Crippen LogP contribution in [0.2, 0.25) is 0 Å². The first-order chi connectivity index (χ1) is 9.20. The van der Waals surface area contributed by atoms with Gasteiger partial charge in [0.25, 0.3) is 5.56 Å². The third-order valence-electron chi connectivity index (χ3n) is 3.48. The quantitative estimate of drug-likeness (QED) is 0.829. The maximum atomic E-state index is 12.5. The van der Waals surface area contributed by atoms with Crippen LogP contribution in [0.4, 0.5) is 0 Å². The number of hydrogen-bond acceptors (Lipinski definition) is 4. The Morgan fingerprint density at radius 1 is 1.37 bits per heavy atom. The molecule has 0 bridgehead atoms. The SMILES string of the molecule is COc1ccc2[nH]c(=O)n(C3CCCN3)c(=O)c2c1. The van der Waals surface area contributed by atoms with E-state index in [0.29, 0.717) is 16.7 Å². The van der Waals surface area contributed by atoms with E-state index in [9.17, 15) is 9.59 Å². The Kier molecular flexibility index (Phi) is 2.87. The van der Waals surface area contributed by atoms with Gasteiger partial charge in [-0.05, 0) is 37.6 Å². The maximum absolute atomic E-state index is 12.5. The smallest absolute Gasteiger partial charge is 0.330 e. The van der Waals surface area contributed by atoms with Gasteiger partial charge in [0.05, 0.1) is 24.2 Å². The Labute approximate surface area is 109 Å². The summed E-state index contributed by atoms with van der Waals surface area (Å²) in [6.07, 6.45) is 1.54. The summed E-state index contributed by atoms with van der Waals surface area (Å²) in [6.45, 7) is 0.826. The highest BCUT2D eigenvalue weighted by atomic mass is 16.5. The number of nitrogens with one attached hydrogen (secondary N) is 2. The zero-order valence-corrected chi connectivity index (χ0v) is 10.6. The lowest BCUT2D eigenvalue weighted by atomic mass is 10.2. The number of methoxy groups -OCH3 is 1. The summed E-state index contributed by atoms with van der Waals surface area (Å²) in [5, 5.41) is 3.62. The molecule has 1 aliphatic heterocycles. The van der Waals surface area contributed by atoms with Crippen LogP contribution in [0.15, 0.2) is 27.8 Å². The second-order valence-corrected chi connectivity index (χ2v) is 4.63. The molecular formula is C13H15N3O3. The lowest BCUT2D eigenvalue weighted by Crippen LogP contribution is -2.41. The molecule has 3 rings (SSSR count). The van der Waals surface area contributed by atoms with Crippen molar-refractivity contribution in [2.75, 3.05) is 13.7 Å². The van der Waals surface area contributed by atoms with Crippen LogP contribution in [-0.4, -0.2) is 23.2 Å². The second-order valence-electron chi connectivity index (χ2n) is 4.63. The first kappa shape index (κ1) is 12.0. The number of aromatic nitrogens is 2. The van der Waals surface area contributed by atoms with Gasteiger partial charge in [-0.3, -0.25) is 10.1 Å². The number of H-pyrrole nitrogens is 1. The Balaban J connectivity index is 2.27. The van der Waals surface area contributed by atoms with Crippen molar-refractivity contribution in [1.82, 2.24) is 14.9 Å². The molecule has 1 aromatic heterocycles. The number of benzene rings is 1. The lowest BCUT2D eigenvalue weighted by Gasteiger charge is -2.13. The molecule has 0 spiro atoms. The number of ether oxygens (including phenoxy) is 1. The minimum atomic E-state index is -0.373. The summed E-state index contributed by atoms with van der Waals surface area (Å²) in [4.78, 5) is 27.2. The summed E-state index contributed by atoms with van der Waals surface area (Å²) in [5.74, 6) is 0.600. The van der Waals surface area contributed by atoms with Crippen molar-refractivity contribution in [2.24, 2.45) is 0 Å². The van der Waals surface area contributed by atoms with Gasteiger partial charge >= 0.3 is 5.69 Å². The molecule has 1 fully saturated rings. The predicted molar refractivity (Wildman–Crippen MR) is 71.7 cm³/mol. The highest BCUT2D eigenvalue weighted by molar-refractivity contribution is 5.78. The van der Waals surface area contributed by atoms with Gasteiger partial charge in [0.15, 0.2) is 0 Å². The molecule has 1 aromatic carbocycles. The minimum absolute atomic E-state index is 0.216. The number of aromatic amines is 1. The van der Waals surface area contributed by atoms with Crippen molar-refractivity contribution in [2.45, 2.75) is 19.0 Å². The van der Waals surface area contributed by atoms with E-state index in [-0.39, 0.29) is 17.4 Å². The number of nitrogens with zero attached hydrogens (tertiary/aromatic N) is 1. The van der Waals surface area contributed by atoms with Crippen LogP contribution in [0.25, 0.3) is 10.9 Å². The van der Waals surface area contributed by atoms with Gasteiger partial charge in [-0.2, -0.15) is 0 Å². The third-order valence-corrected chi connectivity index (χ3v) is 3.48. The van der Waals surface area contributed by atoms with Crippen molar-refractivity contribution in [3.63, 3.8) is 0 Å². The van der Waals surface area contributed by atoms with Crippen molar-refractivity contribution in [3.05, 3.63) is 39.0 Å². The van der Waals surface area contributed by atoms with Crippen molar-refractivity contribution >= 4 is 10.9 Å². The molecule has 6 heteroatoms. The molecule has 0 amide bonds. The molecule has 0 aliphatic carbocycles. The molecule has 6 nitrogen and oxygen atoms in total. The van der Waals surface area contributed by atoms with Crippen LogP contribution >= 0.6 is 0 Å². The summed E-state index contributed by atoms with van der Waals surface area (Å²) < 4.78 is 6.38. The zero-order valence-electron chi connectivity index (χ0n) is 10.6. The molecule has 19 heavy (non-hydrogen) atoms. The molecular weight excluding hydrogens is 246 g/mol. The van der Waals surface area contributed by atoms with Crippen LogP contribution < -0.4 is 21.3 Å². The van der Waals surface area contributed by atoms with E-state index in [0.717, 1.165) is 19.4 Å². The standard InChI is InChI=1S/C13H15N3O3/c1-19-8-4-5-10-9(7-8)12(17)16(13(18)15-10)11-3-2-6-14-11/h4-5,7,11,14H,2-3,6H2,1H3,(H,15,18). The van der Waals surface area contributed by atoms with Crippen LogP contribution in [-0.2, 0) is 0 Å². The number of hydrogen-bond donors (Lipinski definition) is 2. The molecule has 2 aromatic rings. The van der Waals surface area contributed by atoms with Gasteiger partial charge in [-0.1, -0.05) is 0 Å². The molecule has 100 valence electrons. The topological polar surface area (TPSA) is 76.1 Å². The molecule has 1 aliphatic rings. The summed E-state index contributed by atoms with van der Waals surface area (Å²) >= 11 is 0. The van der Waals surface area contributed by atoms with Gasteiger partial charge in [0.1, 0.15) is 5.75 Å². The number of rotatable bonds is 2. The summed E-state index contributed by atoms with van der Waals surface area (Å²) in [5.41, 5.74) is -0.121. The average Bonchev–Trinajstić information content (AvgIpc) is 2.92. The van der Waals surface area contributed by atoms with Gasteiger partial charge in [-0.15, -0.1) is 0 Å².